The van der Waals surface area contributed by atoms with Crippen molar-refractivity contribution < 1.29 is 9.47 Å². The molecular formula is C18H31N3O2S. The summed E-state index contributed by atoms with van der Waals surface area (Å²) < 4.78 is 10.9. The maximum atomic E-state index is 5.48. The van der Waals surface area contributed by atoms with Crippen LogP contribution >= 0.6 is 11.8 Å². The van der Waals surface area contributed by atoms with Crippen molar-refractivity contribution in [2.75, 3.05) is 33.6 Å². The summed E-state index contributed by atoms with van der Waals surface area (Å²) in [7, 11) is 3.35. The number of methoxy groups -OCH3 is 2. The van der Waals surface area contributed by atoms with Gasteiger partial charge in [-0.05, 0) is 52.1 Å². The van der Waals surface area contributed by atoms with Crippen molar-refractivity contribution in [3.05, 3.63) is 23.8 Å². The van der Waals surface area contributed by atoms with Gasteiger partial charge in [-0.3, -0.25) is 4.99 Å². The van der Waals surface area contributed by atoms with Gasteiger partial charge >= 0.3 is 0 Å². The van der Waals surface area contributed by atoms with Gasteiger partial charge in [-0.25, -0.2) is 0 Å². The largest absolute Gasteiger partial charge is 0.497 e. The van der Waals surface area contributed by atoms with Gasteiger partial charge in [0.1, 0.15) is 11.5 Å². The molecule has 24 heavy (non-hydrogen) atoms. The van der Waals surface area contributed by atoms with E-state index >= 15 is 0 Å². The second-order valence-corrected chi connectivity index (χ2v) is 7.65. The average Bonchev–Trinajstić information content (AvgIpc) is 2.59. The lowest BCUT2D eigenvalue weighted by Gasteiger charge is -2.23. The van der Waals surface area contributed by atoms with Crippen molar-refractivity contribution in [3.63, 3.8) is 0 Å². The van der Waals surface area contributed by atoms with Gasteiger partial charge in [0.15, 0.2) is 5.96 Å². The maximum absolute atomic E-state index is 5.48. The Morgan fingerprint density at radius 2 is 2.00 bits per heavy atom. The van der Waals surface area contributed by atoms with Crippen LogP contribution in [0.4, 0.5) is 0 Å². The zero-order valence-corrected chi connectivity index (χ0v) is 16.7. The Labute approximate surface area is 150 Å². The average molecular weight is 354 g/mol. The lowest BCUT2D eigenvalue weighted by molar-refractivity contribution is 0.394. The van der Waals surface area contributed by atoms with Gasteiger partial charge in [-0.15, -0.1) is 0 Å². The van der Waals surface area contributed by atoms with Crippen molar-refractivity contribution in [3.8, 4) is 11.5 Å². The van der Waals surface area contributed by atoms with Crippen LogP contribution in [0.25, 0.3) is 0 Å². The van der Waals surface area contributed by atoms with E-state index in [0.29, 0.717) is 0 Å². The first-order valence-corrected chi connectivity index (χ1v) is 9.41. The highest BCUT2D eigenvalue weighted by Crippen LogP contribution is 2.29. The molecule has 5 nitrogen and oxygen atoms in total. The molecule has 0 saturated carbocycles. The molecule has 0 aliphatic carbocycles. The van der Waals surface area contributed by atoms with Crippen LogP contribution < -0.4 is 20.1 Å². The summed E-state index contributed by atoms with van der Waals surface area (Å²) in [6, 6.07) is 5.85. The Hall–Kier alpha value is -1.56. The molecule has 0 saturated heterocycles. The molecule has 0 radical (unpaired) electrons. The first-order chi connectivity index (χ1) is 11.4. The number of nitrogens with zero attached hydrogens (tertiary/aromatic N) is 1. The van der Waals surface area contributed by atoms with Crippen molar-refractivity contribution in [1.29, 1.82) is 0 Å². The topological polar surface area (TPSA) is 54.9 Å². The van der Waals surface area contributed by atoms with E-state index in [0.717, 1.165) is 36.1 Å². The molecule has 0 amide bonds. The highest BCUT2D eigenvalue weighted by atomic mass is 32.2. The predicted octanol–water partition coefficient (Wildman–Crippen LogP) is 3.46. The third kappa shape index (κ3) is 6.15. The molecule has 2 N–H and O–H groups in total. The first-order valence-electron chi connectivity index (χ1n) is 8.18. The van der Waals surface area contributed by atoms with Crippen molar-refractivity contribution in [1.82, 2.24) is 10.6 Å². The quantitative estimate of drug-likeness (QED) is 0.554. The predicted molar refractivity (Wildman–Crippen MR) is 105 cm³/mol. The maximum Gasteiger partial charge on any atom is 0.191 e. The van der Waals surface area contributed by atoms with Gasteiger partial charge in [-0.1, -0.05) is 0 Å². The van der Waals surface area contributed by atoms with E-state index in [4.69, 9.17) is 14.5 Å². The fraction of sp³-hybridized carbons (Fsp3) is 0.611. The van der Waals surface area contributed by atoms with Crippen LogP contribution in [0.3, 0.4) is 0 Å². The molecule has 0 aliphatic rings. The molecule has 1 atom stereocenters. The molecule has 0 heterocycles. The highest BCUT2D eigenvalue weighted by molar-refractivity contribution is 7.99. The zero-order valence-electron chi connectivity index (χ0n) is 15.9. The van der Waals surface area contributed by atoms with E-state index in [-0.39, 0.29) is 10.8 Å². The van der Waals surface area contributed by atoms with E-state index in [9.17, 15) is 0 Å². The molecule has 1 aromatic carbocycles. The molecule has 1 rings (SSSR count). The van der Waals surface area contributed by atoms with E-state index in [1.807, 2.05) is 30.0 Å². The lowest BCUT2D eigenvalue weighted by Crippen LogP contribution is -2.39. The number of hydrogen-bond donors (Lipinski definition) is 2. The lowest BCUT2D eigenvalue weighted by atomic mass is 10.1. The minimum atomic E-state index is 0.0326. The number of thioether (sulfide) groups is 1. The Morgan fingerprint density at radius 3 is 2.54 bits per heavy atom. The SMILES string of the molecule is CCNC(=NCC(C)(C)SC)NC(C)c1cc(OC)ccc1OC. The molecule has 0 spiro atoms. The summed E-state index contributed by atoms with van der Waals surface area (Å²) >= 11 is 1.81. The highest BCUT2D eigenvalue weighted by Gasteiger charge is 2.17. The van der Waals surface area contributed by atoms with Gasteiger partial charge in [0, 0.05) is 16.9 Å². The standard InChI is InChI=1S/C18H31N3O2S/c1-8-19-17(20-12-18(3,4)24-7)21-13(2)15-11-14(22-5)9-10-16(15)23-6/h9-11,13H,8,12H2,1-7H3,(H2,19,20,21). The summed E-state index contributed by atoms with van der Waals surface area (Å²) in [5.74, 6) is 2.44. The van der Waals surface area contributed by atoms with E-state index < -0.39 is 0 Å². The summed E-state index contributed by atoms with van der Waals surface area (Å²) in [5.41, 5.74) is 1.03. The normalized spacial score (nSPS) is 13.4. The smallest absolute Gasteiger partial charge is 0.191 e. The van der Waals surface area contributed by atoms with Crippen LogP contribution in [-0.4, -0.2) is 44.3 Å². The first kappa shape index (κ1) is 20.5. The molecule has 0 aromatic heterocycles. The van der Waals surface area contributed by atoms with Gasteiger partial charge in [0.2, 0.25) is 0 Å². The molecule has 1 unspecified atom stereocenters. The Bertz CT molecular complexity index is 547. The van der Waals surface area contributed by atoms with E-state index in [1.165, 1.54) is 0 Å². The van der Waals surface area contributed by atoms with E-state index in [2.05, 4.69) is 44.6 Å². The van der Waals surface area contributed by atoms with Crippen LogP contribution in [0.5, 0.6) is 11.5 Å². The summed E-state index contributed by atoms with van der Waals surface area (Å²) in [6.45, 7) is 10.1. The Morgan fingerprint density at radius 1 is 1.29 bits per heavy atom. The minimum Gasteiger partial charge on any atom is -0.497 e. The number of ether oxygens (including phenoxy) is 2. The number of aliphatic imine (C=N–C) groups is 1. The van der Waals surface area contributed by atoms with Crippen molar-refractivity contribution in [2.45, 2.75) is 38.5 Å². The zero-order chi connectivity index (χ0) is 18.2. The van der Waals surface area contributed by atoms with Gasteiger partial charge in [0.25, 0.3) is 0 Å². The molecule has 0 fully saturated rings. The fourth-order valence-electron chi connectivity index (χ4n) is 2.11. The molecule has 0 bridgehead atoms. The Kier molecular flexibility index (Phi) is 8.25. The monoisotopic (exact) mass is 353 g/mol. The molecule has 0 aliphatic heterocycles. The third-order valence-electron chi connectivity index (χ3n) is 3.77. The van der Waals surface area contributed by atoms with Crippen LogP contribution in [0, 0.1) is 0 Å². The van der Waals surface area contributed by atoms with Crippen LogP contribution in [0.1, 0.15) is 39.3 Å². The number of nitrogens with one attached hydrogen (secondary N) is 2. The molecule has 1 aromatic rings. The summed E-state index contributed by atoms with van der Waals surface area (Å²) in [5, 5.41) is 6.75. The number of rotatable bonds is 8. The molecule has 6 heteroatoms. The van der Waals surface area contributed by atoms with Gasteiger partial charge in [0.05, 0.1) is 26.8 Å². The van der Waals surface area contributed by atoms with Crippen molar-refractivity contribution >= 4 is 17.7 Å². The minimum absolute atomic E-state index is 0.0326. The van der Waals surface area contributed by atoms with Crippen LogP contribution in [0.2, 0.25) is 0 Å². The number of guanidine groups is 1. The van der Waals surface area contributed by atoms with Gasteiger partial charge in [-0.2, -0.15) is 11.8 Å². The van der Waals surface area contributed by atoms with Gasteiger partial charge < -0.3 is 20.1 Å². The second kappa shape index (κ2) is 9.67. The summed E-state index contributed by atoms with van der Waals surface area (Å²) in [6.07, 6.45) is 2.11. The second-order valence-electron chi connectivity index (χ2n) is 6.13. The molecule has 136 valence electrons. The Balaban J connectivity index is 2.96. The third-order valence-corrected chi connectivity index (χ3v) is 5.01. The van der Waals surface area contributed by atoms with E-state index in [1.54, 1.807) is 14.2 Å². The fourth-order valence-corrected chi connectivity index (χ4v) is 2.31. The number of hydrogen-bond acceptors (Lipinski definition) is 4. The van der Waals surface area contributed by atoms with Crippen molar-refractivity contribution in [2.24, 2.45) is 4.99 Å². The number of benzene rings is 1. The molecular weight excluding hydrogens is 322 g/mol. The van der Waals surface area contributed by atoms with Crippen LogP contribution in [-0.2, 0) is 0 Å². The van der Waals surface area contributed by atoms with Crippen LogP contribution in [0.15, 0.2) is 23.2 Å². The summed E-state index contributed by atoms with van der Waals surface area (Å²) in [4.78, 5) is 4.72.